The van der Waals surface area contributed by atoms with Crippen LogP contribution in [0.5, 0.6) is 11.5 Å². The Morgan fingerprint density at radius 2 is 1.91 bits per heavy atom. The Kier molecular flexibility index (Phi) is 5.14. The van der Waals surface area contributed by atoms with Crippen molar-refractivity contribution in [2.45, 2.75) is 0 Å². The first-order valence-electron chi connectivity index (χ1n) is 6.81. The van der Waals surface area contributed by atoms with E-state index in [1.807, 2.05) is 0 Å². The van der Waals surface area contributed by atoms with Gasteiger partial charge in [0.25, 0.3) is 11.6 Å². The summed E-state index contributed by atoms with van der Waals surface area (Å²) in [5.41, 5.74) is 1.20. The largest absolute Gasteiger partial charge is 0.497 e. The molecule has 0 aliphatic heterocycles. The van der Waals surface area contributed by atoms with Gasteiger partial charge in [0.15, 0.2) is 6.61 Å². The number of carbonyl (C=O) groups is 1. The number of nitro benzene ring substituents is 1. The van der Waals surface area contributed by atoms with E-state index < -0.39 is 4.92 Å². The molecule has 0 spiro atoms. The van der Waals surface area contributed by atoms with Crippen LogP contribution >= 0.6 is 0 Å². The van der Waals surface area contributed by atoms with Gasteiger partial charge in [0.2, 0.25) is 0 Å². The average Bonchev–Trinajstić information content (AvgIpc) is 2.59. The number of hydrogen-bond acceptors (Lipinski definition) is 5. The summed E-state index contributed by atoms with van der Waals surface area (Å²) in [6.45, 7) is -0.169. The van der Waals surface area contributed by atoms with Gasteiger partial charge in [-0.15, -0.1) is 0 Å². The van der Waals surface area contributed by atoms with Gasteiger partial charge in [-0.05, 0) is 23.8 Å². The minimum atomic E-state index is -0.477. The number of nitrogens with zero attached hydrogens (tertiary/aromatic N) is 1. The summed E-state index contributed by atoms with van der Waals surface area (Å²) in [4.78, 5) is 21.8. The van der Waals surface area contributed by atoms with E-state index in [1.165, 1.54) is 25.2 Å². The molecule has 0 bridgehead atoms. The molecule has 0 radical (unpaired) electrons. The lowest BCUT2D eigenvalue weighted by Crippen LogP contribution is -2.24. The molecule has 23 heavy (non-hydrogen) atoms. The van der Waals surface area contributed by atoms with Gasteiger partial charge in [-0.25, -0.2) is 0 Å². The maximum atomic E-state index is 11.3. The van der Waals surface area contributed by atoms with Crippen molar-refractivity contribution in [2.75, 3.05) is 20.8 Å². The number of methoxy groups -OCH3 is 1. The van der Waals surface area contributed by atoms with Crippen LogP contribution in [0.2, 0.25) is 0 Å². The van der Waals surface area contributed by atoms with Gasteiger partial charge in [-0.3, -0.25) is 14.9 Å². The van der Waals surface area contributed by atoms with Crippen LogP contribution in [0.25, 0.3) is 11.1 Å². The van der Waals surface area contributed by atoms with Gasteiger partial charge in [0, 0.05) is 24.7 Å². The molecule has 2 rings (SSSR count). The molecule has 2 aromatic carbocycles. The molecule has 0 atom stereocenters. The molecule has 7 heteroatoms. The van der Waals surface area contributed by atoms with Crippen LogP contribution in [-0.2, 0) is 4.79 Å². The number of nitro groups is 1. The lowest BCUT2D eigenvalue weighted by atomic mass is 10.0. The molecule has 0 fully saturated rings. The monoisotopic (exact) mass is 316 g/mol. The molecule has 1 amide bonds. The van der Waals surface area contributed by atoms with Crippen molar-refractivity contribution in [3.63, 3.8) is 0 Å². The number of ether oxygens (including phenoxy) is 2. The highest BCUT2D eigenvalue weighted by atomic mass is 16.6. The van der Waals surface area contributed by atoms with Crippen LogP contribution < -0.4 is 14.8 Å². The first kappa shape index (κ1) is 16.3. The average molecular weight is 316 g/mol. The highest BCUT2D eigenvalue weighted by Gasteiger charge is 2.14. The number of non-ortho nitro benzene ring substituents is 1. The number of nitrogens with one attached hydrogen (secondary N) is 1. The third-order valence-electron chi connectivity index (χ3n) is 3.21. The second kappa shape index (κ2) is 7.26. The Labute approximate surface area is 133 Å². The van der Waals surface area contributed by atoms with E-state index in [4.69, 9.17) is 9.47 Å². The van der Waals surface area contributed by atoms with Gasteiger partial charge in [-0.2, -0.15) is 0 Å². The molecule has 0 unspecified atom stereocenters. The number of rotatable bonds is 6. The maximum Gasteiger partial charge on any atom is 0.270 e. The zero-order valence-corrected chi connectivity index (χ0v) is 12.7. The predicted molar refractivity (Wildman–Crippen MR) is 84.6 cm³/mol. The summed E-state index contributed by atoms with van der Waals surface area (Å²) in [7, 11) is 3.06. The molecule has 7 nitrogen and oxygen atoms in total. The van der Waals surface area contributed by atoms with Crippen molar-refractivity contribution >= 4 is 11.6 Å². The van der Waals surface area contributed by atoms with Gasteiger partial charge in [-0.1, -0.05) is 12.1 Å². The highest BCUT2D eigenvalue weighted by Crippen LogP contribution is 2.34. The molecule has 1 N–H and O–H groups in total. The number of amides is 1. The normalized spacial score (nSPS) is 10.0. The summed E-state index contributed by atoms with van der Waals surface area (Å²) in [5.74, 6) is 0.778. The van der Waals surface area contributed by atoms with Crippen molar-refractivity contribution in [1.29, 1.82) is 0 Å². The van der Waals surface area contributed by atoms with Gasteiger partial charge >= 0.3 is 0 Å². The van der Waals surface area contributed by atoms with Crippen LogP contribution in [0.1, 0.15) is 0 Å². The van der Waals surface area contributed by atoms with E-state index >= 15 is 0 Å². The van der Waals surface area contributed by atoms with E-state index in [1.54, 1.807) is 31.4 Å². The van der Waals surface area contributed by atoms with Crippen LogP contribution in [0, 0.1) is 10.1 Å². The zero-order valence-electron chi connectivity index (χ0n) is 12.7. The number of benzene rings is 2. The molecular formula is C16H16N2O5. The third kappa shape index (κ3) is 3.97. The second-order valence-electron chi connectivity index (χ2n) is 4.63. The van der Waals surface area contributed by atoms with E-state index in [0.29, 0.717) is 17.1 Å². The van der Waals surface area contributed by atoms with Crippen molar-refractivity contribution in [1.82, 2.24) is 5.32 Å². The first-order chi connectivity index (χ1) is 11.0. The molecule has 2 aromatic rings. The van der Waals surface area contributed by atoms with E-state index in [-0.39, 0.29) is 18.2 Å². The van der Waals surface area contributed by atoms with E-state index in [2.05, 4.69) is 5.32 Å². The van der Waals surface area contributed by atoms with E-state index in [9.17, 15) is 14.9 Å². The lowest BCUT2D eigenvalue weighted by molar-refractivity contribution is -0.384. The number of likely N-dealkylation sites (N-methyl/N-ethyl adjacent to an activating group) is 1. The minimum Gasteiger partial charge on any atom is -0.497 e. The fourth-order valence-electron chi connectivity index (χ4n) is 1.97. The molecule has 0 saturated heterocycles. The Morgan fingerprint density at radius 1 is 1.22 bits per heavy atom. The van der Waals surface area contributed by atoms with Crippen LogP contribution in [0.15, 0.2) is 42.5 Å². The molecule has 0 aliphatic rings. The first-order valence-corrected chi connectivity index (χ1v) is 6.81. The van der Waals surface area contributed by atoms with Gasteiger partial charge < -0.3 is 14.8 Å². The van der Waals surface area contributed by atoms with Crippen LogP contribution in [0.4, 0.5) is 5.69 Å². The van der Waals surface area contributed by atoms with Crippen molar-refractivity contribution < 1.29 is 19.2 Å². The Morgan fingerprint density at radius 3 is 2.48 bits per heavy atom. The Hall–Kier alpha value is -3.09. The van der Waals surface area contributed by atoms with E-state index in [0.717, 1.165) is 5.56 Å². The lowest BCUT2D eigenvalue weighted by Gasteiger charge is -2.11. The standard InChI is InChI=1S/C16H16N2O5/c1-17-16(19)10-23-15-8-5-12(18(20)21)9-14(15)11-3-6-13(22-2)7-4-11/h3-9H,10H2,1-2H3,(H,17,19). The number of hydrogen-bond donors (Lipinski definition) is 1. The topological polar surface area (TPSA) is 90.7 Å². The summed E-state index contributed by atoms with van der Waals surface area (Å²) in [6, 6.07) is 11.3. The fraction of sp³-hybridized carbons (Fsp3) is 0.188. The summed E-state index contributed by atoms with van der Waals surface area (Å²) in [5, 5.41) is 13.4. The quantitative estimate of drug-likeness (QED) is 0.652. The van der Waals surface area contributed by atoms with Gasteiger partial charge in [0.05, 0.1) is 12.0 Å². The smallest absolute Gasteiger partial charge is 0.270 e. The van der Waals surface area contributed by atoms with Crippen LogP contribution in [-0.4, -0.2) is 31.6 Å². The molecule has 0 saturated carbocycles. The summed E-state index contributed by atoms with van der Waals surface area (Å²) in [6.07, 6.45) is 0. The highest BCUT2D eigenvalue weighted by molar-refractivity contribution is 5.78. The summed E-state index contributed by atoms with van der Waals surface area (Å²) >= 11 is 0. The SMILES string of the molecule is CNC(=O)COc1ccc([N+](=O)[O-])cc1-c1ccc(OC)cc1. The number of carbonyl (C=O) groups excluding carboxylic acids is 1. The fourth-order valence-corrected chi connectivity index (χ4v) is 1.97. The molecule has 0 aromatic heterocycles. The van der Waals surface area contributed by atoms with Crippen molar-refractivity contribution in [3.05, 3.63) is 52.6 Å². The van der Waals surface area contributed by atoms with Crippen molar-refractivity contribution in [2.24, 2.45) is 0 Å². The minimum absolute atomic E-state index is 0.0527. The zero-order chi connectivity index (χ0) is 16.8. The predicted octanol–water partition coefficient (Wildman–Crippen LogP) is 2.40. The molecule has 0 heterocycles. The molecular weight excluding hydrogens is 300 g/mol. The summed E-state index contributed by atoms with van der Waals surface area (Å²) < 4.78 is 10.6. The van der Waals surface area contributed by atoms with Gasteiger partial charge in [0.1, 0.15) is 11.5 Å². The Balaban J connectivity index is 2.40. The maximum absolute atomic E-state index is 11.3. The Bertz CT molecular complexity index is 713. The second-order valence-corrected chi connectivity index (χ2v) is 4.63. The molecule has 120 valence electrons. The molecule has 0 aliphatic carbocycles. The third-order valence-corrected chi connectivity index (χ3v) is 3.21. The van der Waals surface area contributed by atoms with Crippen molar-refractivity contribution in [3.8, 4) is 22.6 Å². The van der Waals surface area contributed by atoms with Crippen LogP contribution in [0.3, 0.4) is 0 Å².